The molecule has 0 aliphatic rings. The average molecular weight is 377 g/mol. The van der Waals surface area contributed by atoms with E-state index in [2.05, 4.69) is 15.3 Å². The number of nitrogens with one attached hydrogen (secondary N) is 1. The first kappa shape index (κ1) is 17.6. The van der Waals surface area contributed by atoms with E-state index in [1.54, 1.807) is 31.2 Å². The maximum Gasteiger partial charge on any atom is 0.344 e. The lowest BCUT2D eigenvalue weighted by atomic mass is 10.3. The summed E-state index contributed by atoms with van der Waals surface area (Å²) in [4.78, 5) is 18.9. The van der Waals surface area contributed by atoms with Gasteiger partial charge >= 0.3 is 5.97 Å². The highest BCUT2D eigenvalue weighted by Gasteiger charge is 2.10. The molecule has 1 aromatic heterocycles. The van der Waals surface area contributed by atoms with Gasteiger partial charge in [-0.2, -0.15) is 4.98 Å². The molecule has 122 valence electrons. The predicted molar refractivity (Wildman–Crippen MR) is 88.9 cm³/mol. The zero-order valence-electron chi connectivity index (χ0n) is 12.0. The van der Waals surface area contributed by atoms with Gasteiger partial charge in [-0.3, -0.25) is 0 Å². The van der Waals surface area contributed by atoms with Gasteiger partial charge in [-0.15, -0.1) is 0 Å². The highest BCUT2D eigenvalue weighted by molar-refractivity contribution is 6.43. The third-order valence-corrected chi connectivity index (χ3v) is 3.46. The highest BCUT2D eigenvalue weighted by Crippen LogP contribution is 2.30. The zero-order chi connectivity index (χ0) is 16.8. The van der Waals surface area contributed by atoms with E-state index in [1.165, 1.54) is 0 Å². The lowest BCUT2D eigenvalue weighted by molar-refractivity contribution is -0.145. The molecule has 23 heavy (non-hydrogen) atoms. The van der Waals surface area contributed by atoms with Crippen LogP contribution in [-0.4, -0.2) is 29.2 Å². The summed E-state index contributed by atoms with van der Waals surface area (Å²) in [6.07, 6.45) is 0. The van der Waals surface area contributed by atoms with Crippen molar-refractivity contribution in [2.24, 2.45) is 0 Å². The minimum Gasteiger partial charge on any atom is -0.482 e. The molecule has 0 aliphatic carbocycles. The second-order valence-corrected chi connectivity index (χ2v) is 5.26. The maximum absolute atomic E-state index is 11.2. The number of benzene rings is 1. The number of carbonyl (C=O) groups is 1. The van der Waals surface area contributed by atoms with Crippen LogP contribution in [0.25, 0.3) is 0 Å². The largest absolute Gasteiger partial charge is 0.482 e. The lowest BCUT2D eigenvalue weighted by Gasteiger charge is -2.10. The molecule has 1 N–H and O–H groups in total. The molecule has 0 fully saturated rings. The summed E-state index contributed by atoms with van der Waals surface area (Å²) in [5.41, 5.74) is 0.682. The van der Waals surface area contributed by atoms with Gasteiger partial charge in [0.1, 0.15) is 10.8 Å². The molecule has 0 unspecified atom stereocenters. The fourth-order valence-corrected chi connectivity index (χ4v) is 2.11. The molecule has 2 aromatic rings. The fourth-order valence-electron chi connectivity index (χ4n) is 1.59. The third kappa shape index (κ3) is 5.13. The molecule has 0 saturated heterocycles. The maximum atomic E-state index is 11.2. The van der Waals surface area contributed by atoms with E-state index in [9.17, 15) is 4.79 Å². The molecule has 0 aliphatic heterocycles. The van der Waals surface area contributed by atoms with E-state index in [-0.39, 0.29) is 27.9 Å². The number of hydrogen-bond donors (Lipinski definition) is 1. The molecule has 9 heteroatoms. The van der Waals surface area contributed by atoms with Crippen LogP contribution in [0.15, 0.2) is 24.3 Å². The van der Waals surface area contributed by atoms with Crippen molar-refractivity contribution < 1.29 is 14.3 Å². The second-order valence-electron chi connectivity index (χ2n) is 4.19. The number of hydrogen-bond acceptors (Lipinski definition) is 6. The molecule has 2 rings (SSSR count). The quantitative estimate of drug-likeness (QED) is 0.464. The Balaban J connectivity index is 2.02. The van der Waals surface area contributed by atoms with E-state index in [0.29, 0.717) is 18.0 Å². The molecule has 1 heterocycles. The summed E-state index contributed by atoms with van der Waals surface area (Å²) in [7, 11) is 0. The minimum absolute atomic E-state index is 0.0173. The van der Waals surface area contributed by atoms with Crippen LogP contribution >= 0.6 is 34.8 Å². The summed E-state index contributed by atoms with van der Waals surface area (Å²) < 4.78 is 10.1. The molecule has 0 saturated carbocycles. The van der Waals surface area contributed by atoms with Crippen LogP contribution in [0.5, 0.6) is 5.75 Å². The Morgan fingerprint density at radius 1 is 1.17 bits per heavy atom. The van der Waals surface area contributed by atoms with Crippen molar-refractivity contribution in [3.63, 3.8) is 0 Å². The van der Waals surface area contributed by atoms with Crippen molar-refractivity contribution in [1.82, 2.24) is 9.97 Å². The average Bonchev–Trinajstić information content (AvgIpc) is 2.52. The van der Waals surface area contributed by atoms with Crippen molar-refractivity contribution in [2.75, 3.05) is 18.5 Å². The first-order chi connectivity index (χ1) is 11.0. The van der Waals surface area contributed by atoms with Crippen LogP contribution in [0.1, 0.15) is 6.92 Å². The van der Waals surface area contributed by atoms with Crippen molar-refractivity contribution in [2.45, 2.75) is 6.92 Å². The standard InChI is InChI=1S/C14H12Cl3N3O3/c1-2-22-10(21)7-23-9-5-3-8(4-6-9)18-13-11(15)12(16)19-14(17)20-13/h3-6H,2,7H2,1H3,(H,18,19,20). The van der Waals surface area contributed by atoms with Gasteiger partial charge < -0.3 is 14.8 Å². The van der Waals surface area contributed by atoms with Crippen LogP contribution in [0.3, 0.4) is 0 Å². The van der Waals surface area contributed by atoms with Gasteiger partial charge in [0, 0.05) is 5.69 Å². The molecule has 0 bridgehead atoms. The lowest BCUT2D eigenvalue weighted by Crippen LogP contribution is -2.14. The normalized spacial score (nSPS) is 10.3. The monoisotopic (exact) mass is 375 g/mol. The summed E-state index contributed by atoms with van der Waals surface area (Å²) in [6.45, 7) is 1.90. The van der Waals surface area contributed by atoms with Crippen LogP contribution < -0.4 is 10.1 Å². The van der Waals surface area contributed by atoms with Crippen LogP contribution in [0, 0.1) is 0 Å². The topological polar surface area (TPSA) is 73.3 Å². The van der Waals surface area contributed by atoms with Gasteiger partial charge in [0.25, 0.3) is 0 Å². The second kappa shape index (κ2) is 8.19. The van der Waals surface area contributed by atoms with E-state index in [4.69, 9.17) is 44.3 Å². The zero-order valence-corrected chi connectivity index (χ0v) is 14.2. The van der Waals surface area contributed by atoms with Crippen LogP contribution in [-0.2, 0) is 9.53 Å². The Hall–Kier alpha value is -1.76. The van der Waals surface area contributed by atoms with E-state index in [0.717, 1.165) is 0 Å². The summed E-state index contributed by atoms with van der Waals surface area (Å²) in [6, 6.07) is 6.81. The molecule has 1 aromatic carbocycles. The molecular formula is C14H12Cl3N3O3. The number of nitrogens with zero attached hydrogens (tertiary/aromatic N) is 2. The molecular weight excluding hydrogens is 365 g/mol. The fraction of sp³-hybridized carbons (Fsp3) is 0.214. The number of esters is 1. The Bertz CT molecular complexity index is 696. The molecule has 0 amide bonds. The van der Waals surface area contributed by atoms with Gasteiger partial charge in [0.15, 0.2) is 17.6 Å². The Morgan fingerprint density at radius 3 is 2.52 bits per heavy atom. The van der Waals surface area contributed by atoms with Crippen LogP contribution in [0.2, 0.25) is 15.5 Å². The smallest absolute Gasteiger partial charge is 0.344 e. The first-order valence-electron chi connectivity index (χ1n) is 6.53. The SMILES string of the molecule is CCOC(=O)COc1ccc(Nc2nc(Cl)nc(Cl)c2Cl)cc1. The highest BCUT2D eigenvalue weighted by atomic mass is 35.5. The van der Waals surface area contributed by atoms with Crippen molar-refractivity contribution in [3.05, 3.63) is 39.7 Å². The van der Waals surface area contributed by atoms with E-state index in [1.807, 2.05) is 0 Å². The van der Waals surface area contributed by atoms with Gasteiger partial charge in [-0.05, 0) is 42.8 Å². The number of halogens is 3. The van der Waals surface area contributed by atoms with Gasteiger partial charge in [0.05, 0.1) is 6.61 Å². The first-order valence-corrected chi connectivity index (χ1v) is 7.67. The Morgan fingerprint density at radius 2 is 1.87 bits per heavy atom. The van der Waals surface area contributed by atoms with Gasteiger partial charge in [-0.25, -0.2) is 9.78 Å². The molecule has 6 nitrogen and oxygen atoms in total. The molecule has 0 radical (unpaired) electrons. The number of ether oxygens (including phenoxy) is 2. The Labute approximate surface area is 147 Å². The van der Waals surface area contributed by atoms with Gasteiger partial charge in [0.2, 0.25) is 5.28 Å². The van der Waals surface area contributed by atoms with Crippen LogP contribution in [0.4, 0.5) is 11.5 Å². The number of aromatic nitrogens is 2. The molecule has 0 atom stereocenters. The minimum atomic E-state index is -0.424. The summed E-state index contributed by atoms with van der Waals surface area (Å²) in [5.74, 6) is 0.386. The van der Waals surface area contributed by atoms with Crippen molar-refractivity contribution >= 4 is 52.3 Å². The van der Waals surface area contributed by atoms with E-state index >= 15 is 0 Å². The third-order valence-electron chi connectivity index (χ3n) is 2.56. The summed E-state index contributed by atoms with van der Waals surface area (Å²) >= 11 is 17.6. The summed E-state index contributed by atoms with van der Waals surface area (Å²) in [5, 5.41) is 3.17. The molecule has 0 spiro atoms. The number of anilines is 2. The number of carbonyl (C=O) groups excluding carboxylic acids is 1. The number of rotatable bonds is 6. The van der Waals surface area contributed by atoms with Gasteiger partial charge in [-0.1, -0.05) is 23.2 Å². The Kier molecular flexibility index (Phi) is 6.27. The van der Waals surface area contributed by atoms with Crippen molar-refractivity contribution in [1.29, 1.82) is 0 Å². The van der Waals surface area contributed by atoms with Crippen molar-refractivity contribution in [3.8, 4) is 5.75 Å². The van der Waals surface area contributed by atoms with E-state index < -0.39 is 5.97 Å². The predicted octanol–water partition coefficient (Wildman–Crippen LogP) is 4.12.